The molecule has 5 aromatic heterocycles. The molecule has 0 aliphatic carbocycles. The predicted molar refractivity (Wildman–Crippen MR) is 233 cm³/mol. The average molecular weight is 728 g/mol. The Kier molecular flexibility index (Phi) is 6.07. The van der Waals surface area contributed by atoms with Gasteiger partial charge in [0.2, 0.25) is 0 Å². The quantitative estimate of drug-likeness (QED) is 0.182. The number of rotatable bonds is 3. The van der Waals surface area contributed by atoms with E-state index in [1.807, 2.05) is 66.7 Å². The van der Waals surface area contributed by atoms with Crippen LogP contribution in [0.15, 0.2) is 180 Å². The molecule has 0 aliphatic heterocycles. The summed E-state index contributed by atoms with van der Waals surface area (Å²) in [5.41, 5.74) is 11.2. The van der Waals surface area contributed by atoms with Crippen molar-refractivity contribution in [1.82, 2.24) is 23.8 Å². The summed E-state index contributed by atoms with van der Waals surface area (Å²) < 4.78 is 11.8. The molecule has 13 aromatic rings. The van der Waals surface area contributed by atoms with Gasteiger partial charge in [0.25, 0.3) is 0 Å². The third-order valence-electron chi connectivity index (χ3n) is 11.7. The summed E-state index contributed by atoms with van der Waals surface area (Å²) in [4.78, 5) is 15.2. The van der Waals surface area contributed by atoms with E-state index in [9.17, 15) is 0 Å². The Hall–Kier alpha value is -7.83. The van der Waals surface area contributed by atoms with Crippen molar-refractivity contribution in [1.29, 1.82) is 0 Å². The molecule has 57 heavy (non-hydrogen) atoms. The molecule has 264 valence electrons. The molecule has 0 spiro atoms. The van der Waals surface area contributed by atoms with Gasteiger partial charge < -0.3 is 13.2 Å². The number of furan rings is 1. The highest BCUT2D eigenvalue weighted by Gasteiger charge is 2.22. The van der Waals surface area contributed by atoms with Crippen LogP contribution in [0.2, 0.25) is 0 Å². The molecule has 0 saturated heterocycles. The van der Waals surface area contributed by atoms with Gasteiger partial charge in [0.05, 0.1) is 38.5 Å². The summed E-state index contributed by atoms with van der Waals surface area (Å²) in [5.74, 6) is 1.88. The summed E-state index contributed by atoms with van der Waals surface area (Å²) >= 11 is 0. The van der Waals surface area contributed by atoms with E-state index in [-0.39, 0.29) is 0 Å². The molecule has 13 rings (SSSR count). The second kappa shape index (κ2) is 11.4. The molecule has 8 aromatic carbocycles. The van der Waals surface area contributed by atoms with Gasteiger partial charge in [-0.15, -0.1) is 0 Å². The molecule has 0 radical (unpaired) electrons. The van der Waals surface area contributed by atoms with E-state index in [1.165, 1.54) is 21.7 Å². The van der Waals surface area contributed by atoms with E-state index in [1.54, 1.807) is 0 Å². The highest BCUT2D eigenvalue weighted by Crippen LogP contribution is 2.44. The summed E-state index contributed by atoms with van der Waals surface area (Å²) in [6.45, 7) is 0. The summed E-state index contributed by atoms with van der Waals surface area (Å²) in [6, 6.07) is 61.9. The second-order valence-corrected chi connectivity index (χ2v) is 14.8. The Morgan fingerprint density at radius 3 is 1.65 bits per heavy atom. The largest absolute Gasteiger partial charge is 0.455 e. The van der Waals surface area contributed by atoms with Crippen molar-refractivity contribution < 1.29 is 4.42 Å². The molecule has 0 N–H and O–H groups in total. The van der Waals surface area contributed by atoms with Crippen molar-refractivity contribution in [3.8, 4) is 34.2 Å². The van der Waals surface area contributed by atoms with Gasteiger partial charge >= 0.3 is 0 Å². The van der Waals surface area contributed by atoms with Gasteiger partial charge in [-0.05, 0) is 36.4 Å². The maximum absolute atomic E-state index is 6.89. The van der Waals surface area contributed by atoms with E-state index in [2.05, 4.69) is 118 Å². The van der Waals surface area contributed by atoms with Crippen LogP contribution in [0.1, 0.15) is 0 Å². The van der Waals surface area contributed by atoms with Crippen molar-refractivity contribution in [2.45, 2.75) is 0 Å². The lowest BCUT2D eigenvalue weighted by molar-refractivity contribution is 0.673. The van der Waals surface area contributed by atoms with Crippen LogP contribution >= 0.6 is 0 Å². The van der Waals surface area contributed by atoms with Crippen LogP contribution in [0.5, 0.6) is 0 Å². The smallest absolute Gasteiger partial charge is 0.164 e. The van der Waals surface area contributed by atoms with Crippen LogP contribution in [0, 0.1) is 0 Å². The summed E-state index contributed by atoms with van der Waals surface area (Å²) in [6.07, 6.45) is 0. The van der Waals surface area contributed by atoms with Crippen LogP contribution < -0.4 is 0 Å². The van der Waals surface area contributed by atoms with Gasteiger partial charge in [0.1, 0.15) is 11.2 Å². The average Bonchev–Trinajstić information content (AvgIpc) is 3.94. The maximum Gasteiger partial charge on any atom is 0.164 e. The number of fused-ring (bicyclic) bond motifs is 14. The lowest BCUT2D eigenvalue weighted by Crippen LogP contribution is -2.00. The Morgan fingerprint density at radius 1 is 0.333 bits per heavy atom. The third-order valence-corrected chi connectivity index (χ3v) is 11.7. The highest BCUT2D eigenvalue weighted by atomic mass is 16.3. The van der Waals surface area contributed by atoms with Crippen molar-refractivity contribution in [2.75, 3.05) is 0 Å². The van der Waals surface area contributed by atoms with Crippen LogP contribution in [0.25, 0.3) is 122 Å². The van der Waals surface area contributed by atoms with E-state index in [0.717, 1.165) is 82.4 Å². The minimum absolute atomic E-state index is 0.616. The highest BCUT2D eigenvalue weighted by molar-refractivity contribution is 6.28. The number of hydrogen-bond acceptors (Lipinski definition) is 4. The van der Waals surface area contributed by atoms with Gasteiger partial charge in [0.15, 0.2) is 17.5 Å². The molecule has 5 heterocycles. The maximum atomic E-state index is 6.89. The molecule has 0 atom stereocenters. The van der Waals surface area contributed by atoms with E-state index >= 15 is 0 Å². The van der Waals surface area contributed by atoms with Gasteiger partial charge in [-0.2, -0.15) is 0 Å². The van der Waals surface area contributed by atoms with Crippen LogP contribution in [0.4, 0.5) is 0 Å². The molecule has 0 amide bonds. The standard InChI is InChI=1S/C51H29N5O/c1-3-13-30(14-4-1)49-52-50(31-15-5-2-6-16-31)54-51(53-49)32-25-26-34-37-20-12-23-42-47(37)56(43(34)29-32)41-28-27-38-35-18-8-10-24-44(35)57-48(38)45(41)39-21-11-19-36-33-17-7-9-22-40(33)55(42)46(36)39/h1-29H. The zero-order valence-electron chi connectivity index (χ0n) is 30.4. The first-order valence-corrected chi connectivity index (χ1v) is 19.2. The summed E-state index contributed by atoms with van der Waals surface area (Å²) in [5, 5.41) is 9.13. The van der Waals surface area contributed by atoms with Crippen LogP contribution in [-0.2, 0) is 0 Å². The van der Waals surface area contributed by atoms with Gasteiger partial charge in [-0.1, -0.05) is 140 Å². The summed E-state index contributed by atoms with van der Waals surface area (Å²) in [7, 11) is 0. The normalized spacial score (nSPS) is 12.2. The molecule has 0 aliphatic rings. The van der Waals surface area contributed by atoms with Crippen LogP contribution in [0.3, 0.4) is 0 Å². The molecule has 0 fully saturated rings. The monoisotopic (exact) mass is 727 g/mol. The van der Waals surface area contributed by atoms with E-state index in [4.69, 9.17) is 19.4 Å². The minimum Gasteiger partial charge on any atom is -0.455 e. The Bertz CT molecular complexity index is 3750. The predicted octanol–water partition coefficient (Wildman–Crippen LogP) is 13.0. The number of benzene rings is 8. The lowest BCUT2D eigenvalue weighted by Gasteiger charge is -2.11. The molecule has 0 unspecified atom stereocenters. The number of hydrogen-bond donors (Lipinski definition) is 0. The van der Waals surface area contributed by atoms with Gasteiger partial charge in [0, 0.05) is 54.4 Å². The Morgan fingerprint density at radius 2 is 0.877 bits per heavy atom. The SMILES string of the molecule is c1ccc(-c2nc(-c3ccccc3)nc(-c3ccc4c5cccc6c5n(c4c3)c3ccc4c5ccccc5oc4c3c3cccc4c5ccccc5n6c43)n2)cc1. The van der Waals surface area contributed by atoms with Crippen molar-refractivity contribution in [3.63, 3.8) is 0 Å². The second-order valence-electron chi connectivity index (χ2n) is 14.8. The van der Waals surface area contributed by atoms with Crippen molar-refractivity contribution >= 4 is 87.4 Å². The topological polar surface area (TPSA) is 60.6 Å². The fourth-order valence-corrected chi connectivity index (χ4v) is 9.25. The number of nitrogens with zero attached hydrogens (tertiary/aromatic N) is 5. The minimum atomic E-state index is 0.616. The molecule has 6 heteroatoms. The van der Waals surface area contributed by atoms with Crippen molar-refractivity contribution in [3.05, 3.63) is 176 Å². The number of aromatic nitrogens is 5. The van der Waals surface area contributed by atoms with E-state index in [0.29, 0.717) is 17.5 Å². The van der Waals surface area contributed by atoms with Gasteiger partial charge in [-0.25, -0.2) is 15.0 Å². The number of para-hydroxylation sites is 4. The van der Waals surface area contributed by atoms with Crippen molar-refractivity contribution in [2.24, 2.45) is 0 Å². The lowest BCUT2D eigenvalue weighted by atomic mass is 10.0. The zero-order chi connectivity index (χ0) is 37.2. The molecule has 0 saturated carbocycles. The first-order chi connectivity index (χ1) is 28.3. The first kappa shape index (κ1) is 30.5. The van der Waals surface area contributed by atoms with Crippen LogP contribution in [-0.4, -0.2) is 23.8 Å². The Balaban J connectivity index is 1.24. The zero-order valence-corrected chi connectivity index (χ0v) is 30.4. The molecular formula is C51H29N5O. The Labute approximate surface area is 324 Å². The third kappa shape index (κ3) is 4.21. The van der Waals surface area contributed by atoms with E-state index < -0.39 is 0 Å². The fraction of sp³-hybridized carbons (Fsp3) is 0. The molecular weight excluding hydrogens is 699 g/mol. The first-order valence-electron chi connectivity index (χ1n) is 19.2. The fourth-order valence-electron chi connectivity index (χ4n) is 9.25. The van der Waals surface area contributed by atoms with Gasteiger partial charge in [-0.3, -0.25) is 0 Å². The molecule has 6 nitrogen and oxygen atoms in total. The molecule has 0 bridgehead atoms.